The van der Waals surface area contributed by atoms with Gasteiger partial charge < -0.3 is 19.5 Å². The number of fused-ring (bicyclic) bond motifs is 2. The van der Waals surface area contributed by atoms with E-state index in [0.29, 0.717) is 35.5 Å². The van der Waals surface area contributed by atoms with Crippen molar-refractivity contribution in [2.75, 3.05) is 31.0 Å². The van der Waals surface area contributed by atoms with Crippen molar-refractivity contribution in [3.63, 3.8) is 0 Å². The molecule has 0 saturated heterocycles. The average Bonchev–Trinajstić information content (AvgIpc) is 3.01. The lowest BCUT2D eigenvalue weighted by atomic mass is 10.3. The Hall–Kier alpha value is -3.00. The summed E-state index contributed by atoms with van der Waals surface area (Å²) in [6.45, 7) is 1.06. The van der Waals surface area contributed by atoms with Crippen LogP contribution < -0.4 is 24.8 Å². The van der Waals surface area contributed by atoms with Gasteiger partial charge in [0.1, 0.15) is 19.0 Å². The summed E-state index contributed by atoms with van der Waals surface area (Å²) in [5.41, 5.74) is 1.42. The predicted octanol–water partition coefficient (Wildman–Crippen LogP) is 3.72. The summed E-state index contributed by atoms with van der Waals surface area (Å²) in [4.78, 5) is 16.6. The number of benzene rings is 2. The van der Waals surface area contributed by atoms with Crippen molar-refractivity contribution in [2.45, 2.75) is 0 Å². The molecule has 1 aliphatic heterocycles. The summed E-state index contributed by atoms with van der Waals surface area (Å²) in [5.74, 6) is 2.11. The van der Waals surface area contributed by atoms with Crippen LogP contribution in [0.5, 0.6) is 17.2 Å². The van der Waals surface area contributed by atoms with E-state index >= 15 is 0 Å². The van der Waals surface area contributed by atoms with Crippen LogP contribution in [0.4, 0.5) is 15.6 Å². The highest BCUT2D eigenvalue weighted by atomic mass is 32.1. The van der Waals surface area contributed by atoms with Gasteiger partial charge in [0.25, 0.3) is 0 Å². The van der Waals surface area contributed by atoms with Crippen molar-refractivity contribution in [1.29, 1.82) is 0 Å². The van der Waals surface area contributed by atoms with Gasteiger partial charge in [0.05, 0.1) is 17.3 Å². The highest BCUT2D eigenvalue weighted by Crippen LogP contribution is 2.37. The van der Waals surface area contributed by atoms with Crippen LogP contribution in [0.2, 0.25) is 0 Å². The normalized spacial score (nSPS) is 12.7. The molecule has 4 rings (SSSR count). The monoisotopic (exact) mass is 357 g/mol. The van der Waals surface area contributed by atoms with Gasteiger partial charge >= 0.3 is 6.03 Å². The van der Waals surface area contributed by atoms with Gasteiger partial charge in [0, 0.05) is 17.8 Å². The smallest absolute Gasteiger partial charge is 0.325 e. The maximum atomic E-state index is 12.1. The maximum Gasteiger partial charge on any atom is 0.325 e. The van der Waals surface area contributed by atoms with E-state index in [0.717, 1.165) is 16.0 Å². The number of nitrogens with one attached hydrogen (secondary N) is 2. The number of methoxy groups -OCH3 is 1. The van der Waals surface area contributed by atoms with Gasteiger partial charge in [-0.15, -0.1) is 0 Å². The summed E-state index contributed by atoms with van der Waals surface area (Å²) in [6.07, 6.45) is 0. The highest BCUT2D eigenvalue weighted by molar-refractivity contribution is 7.22. The van der Waals surface area contributed by atoms with Crippen LogP contribution in [0, 0.1) is 0 Å². The van der Waals surface area contributed by atoms with Crippen molar-refractivity contribution in [2.24, 2.45) is 0 Å². The Labute approximate surface area is 147 Å². The number of hydrogen-bond acceptors (Lipinski definition) is 6. The highest BCUT2D eigenvalue weighted by Gasteiger charge is 2.16. The van der Waals surface area contributed by atoms with Gasteiger partial charge in [-0.3, -0.25) is 5.32 Å². The molecular weight excluding hydrogens is 342 g/mol. The molecule has 25 heavy (non-hydrogen) atoms. The number of ether oxygens (including phenoxy) is 3. The fourth-order valence-electron chi connectivity index (χ4n) is 2.45. The summed E-state index contributed by atoms with van der Waals surface area (Å²) in [6, 6.07) is 10.4. The maximum absolute atomic E-state index is 12.1. The molecule has 0 saturated carbocycles. The first kappa shape index (κ1) is 15.5. The standard InChI is InChI=1S/C17H15N3O4S/c1-22-11-4-2-10(3-5-11)18-16(21)20-17-19-12-8-13-14(9-15(12)25-17)24-7-6-23-13/h2-5,8-9H,6-7H2,1H3,(H2,18,19,20,21). The van der Waals surface area contributed by atoms with Crippen molar-refractivity contribution in [3.05, 3.63) is 36.4 Å². The third kappa shape index (κ3) is 3.29. The Morgan fingerprint density at radius 2 is 1.84 bits per heavy atom. The summed E-state index contributed by atoms with van der Waals surface area (Å²) < 4.78 is 17.1. The molecule has 0 atom stereocenters. The summed E-state index contributed by atoms with van der Waals surface area (Å²) >= 11 is 1.38. The molecule has 1 aliphatic rings. The predicted molar refractivity (Wildman–Crippen MR) is 96.2 cm³/mol. The fraction of sp³-hybridized carbons (Fsp3) is 0.176. The summed E-state index contributed by atoms with van der Waals surface area (Å²) in [7, 11) is 1.59. The van der Waals surface area contributed by atoms with E-state index in [1.54, 1.807) is 31.4 Å². The third-order valence-corrected chi connectivity index (χ3v) is 4.55. The van der Waals surface area contributed by atoms with E-state index < -0.39 is 0 Å². The first-order valence-corrected chi connectivity index (χ1v) is 8.45. The van der Waals surface area contributed by atoms with Gasteiger partial charge in [0.15, 0.2) is 16.6 Å². The van der Waals surface area contributed by atoms with Crippen LogP contribution in [-0.2, 0) is 0 Å². The number of carbonyl (C=O) groups is 1. The molecule has 2 N–H and O–H groups in total. The molecule has 0 radical (unpaired) electrons. The number of carbonyl (C=O) groups excluding carboxylic acids is 1. The molecule has 0 unspecified atom stereocenters. The number of hydrogen-bond donors (Lipinski definition) is 2. The molecular formula is C17H15N3O4S. The summed E-state index contributed by atoms with van der Waals surface area (Å²) in [5, 5.41) is 6.00. The molecule has 0 fully saturated rings. The lowest BCUT2D eigenvalue weighted by Crippen LogP contribution is -2.19. The molecule has 3 aromatic rings. The molecule has 7 nitrogen and oxygen atoms in total. The number of rotatable bonds is 3. The topological polar surface area (TPSA) is 81.7 Å². The Morgan fingerprint density at radius 1 is 1.12 bits per heavy atom. The van der Waals surface area contributed by atoms with E-state index in [-0.39, 0.29) is 6.03 Å². The van der Waals surface area contributed by atoms with Crippen LogP contribution in [-0.4, -0.2) is 31.3 Å². The molecule has 2 heterocycles. The van der Waals surface area contributed by atoms with Gasteiger partial charge in [-0.2, -0.15) is 0 Å². The number of aromatic nitrogens is 1. The van der Waals surface area contributed by atoms with Crippen LogP contribution >= 0.6 is 11.3 Å². The van der Waals surface area contributed by atoms with E-state index in [1.165, 1.54) is 11.3 Å². The number of nitrogens with zero attached hydrogens (tertiary/aromatic N) is 1. The zero-order chi connectivity index (χ0) is 17.2. The van der Waals surface area contributed by atoms with E-state index in [9.17, 15) is 4.79 Å². The second kappa shape index (κ2) is 6.48. The molecule has 0 aliphatic carbocycles. The van der Waals surface area contributed by atoms with E-state index in [4.69, 9.17) is 14.2 Å². The SMILES string of the molecule is COc1ccc(NC(=O)Nc2nc3cc4c(cc3s2)OCCO4)cc1. The van der Waals surface area contributed by atoms with Crippen LogP contribution in [0.15, 0.2) is 36.4 Å². The molecule has 8 heteroatoms. The molecule has 1 aromatic heterocycles. The second-order valence-corrected chi connectivity index (χ2v) is 6.32. The van der Waals surface area contributed by atoms with Crippen molar-refractivity contribution < 1.29 is 19.0 Å². The Bertz CT molecular complexity index is 881. The number of amides is 2. The first-order valence-electron chi connectivity index (χ1n) is 7.63. The number of urea groups is 1. The lowest BCUT2D eigenvalue weighted by Gasteiger charge is -2.17. The fourth-order valence-corrected chi connectivity index (χ4v) is 3.32. The van der Waals surface area contributed by atoms with Gasteiger partial charge in [-0.25, -0.2) is 9.78 Å². The minimum atomic E-state index is -0.360. The van der Waals surface area contributed by atoms with Crippen LogP contribution in [0.3, 0.4) is 0 Å². The Morgan fingerprint density at radius 3 is 2.56 bits per heavy atom. The quantitative estimate of drug-likeness (QED) is 0.747. The zero-order valence-corrected chi connectivity index (χ0v) is 14.2. The molecule has 2 amide bonds. The third-order valence-electron chi connectivity index (χ3n) is 3.62. The largest absolute Gasteiger partial charge is 0.497 e. The molecule has 2 aromatic carbocycles. The van der Waals surface area contributed by atoms with Gasteiger partial charge in [0.2, 0.25) is 0 Å². The van der Waals surface area contributed by atoms with Crippen molar-refractivity contribution >= 4 is 38.4 Å². The Balaban J connectivity index is 1.48. The van der Waals surface area contributed by atoms with Gasteiger partial charge in [-0.1, -0.05) is 11.3 Å². The molecule has 128 valence electrons. The molecule has 0 bridgehead atoms. The zero-order valence-electron chi connectivity index (χ0n) is 13.4. The van der Waals surface area contributed by atoms with E-state index in [2.05, 4.69) is 15.6 Å². The first-order chi connectivity index (χ1) is 12.2. The average molecular weight is 357 g/mol. The minimum Gasteiger partial charge on any atom is -0.497 e. The van der Waals surface area contributed by atoms with Crippen molar-refractivity contribution in [3.8, 4) is 17.2 Å². The second-order valence-electron chi connectivity index (χ2n) is 5.29. The van der Waals surface area contributed by atoms with Crippen LogP contribution in [0.1, 0.15) is 0 Å². The van der Waals surface area contributed by atoms with E-state index in [1.807, 2.05) is 12.1 Å². The Kier molecular flexibility index (Phi) is 4.02. The number of anilines is 2. The van der Waals surface area contributed by atoms with Crippen molar-refractivity contribution in [1.82, 2.24) is 4.98 Å². The molecule has 0 spiro atoms. The van der Waals surface area contributed by atoms with Crippen LogP contribution in [0.25, 0.3) is 10.2 Å². The number of thiazole rings is 1. The minimum absolute atomic E-state index is 0.360. The van der Waals surface area contributed by atoms with Gasteiger partial charge in [-0.05, 0) is 24.3 Å². The lowest BCUT2D eigenvalue weighted by molar-refractivity contribution is 0.172.